The highest BCUT2D eigenvalue weighted by atomic mass is 79.9. The van der Waals surface area contributed by atoms with Gasteiger partial charge in [-0.15, -0.1) is 11.6 Å². The second-order valence-corrected chi connectivity index (χ2v) is 5.69. The van der Waals surface area contributed by atoms with Gasteiger partial charge in [-0.3, -0.25) is 4.79 Å². The van der Waals surface area contributed by atoms with Crippen LogP contribution in [0.4, 0.5) is 5.69 Å². The molecule has 1 amide bonds. The van der Waals surface area contributed by atoms with Crippen LogP contribution in [0.2, 0.25) is 0 Å². The summed E-state index contributed by atoms with van der Waals surface area (Å²) in [6.45, 7) is 0. The standard InChI is InChI=1S/C14H11BrClNO2/c1-17-11-3-2-8(6-9(11)7-12(17)18)13(16)10-4-5-19-14(10)15/h2-6,13H,7H2,1H3. The van der Waals surface area contributed by atoms with Crippen molar-refractivity contribution in [2.45, 2.75) is 11.8 Å². The Morgan fingerprint density at radius 1 is 1.42 bits per heavy atom. The molecule has 1 aromatic heterocycles. The van der Waals surface area contributed by atoms with Crippen LogP contribution in [0, 0.1) is 0 Å². The highest BCUT2D eigenvalue weighted by Crippen LogP contribution is 2.37. The molecule has 1 aromatic carbocycles. The Bertz CT molecular complexity index is 653. The van der Waals surface area contributed by atoms with Gasteiger partial charge in [0.15, 0.2) is 4.67 Å². The van der Waals surface area contributed by atoms with Crippen LogP contribution in [0.5, 0.6) is 0 Å². The minimum Gasteiger partial charge on any atom is -0.457 e. The number of fused-ring (bicyclic) bond motifs is 1. The summed E-state index contributed by atoms with van der Waals surface area (Å²) in [6, 6.07) is 7.73. The van der Waals surface area contributed by atoms with Gasteiger partial charge in [-0.2, -0.15) is 0 Å². The molecule has 0 bridgehead atoms. The Balaban J connectivity index is 1.98. The quantitative estimate of drug-likeness (QED) is 0.777. The molecule has 0 N–H and O–H groups in total. The molecule has 1 atom stereocenters. The molecule has 3 rings (SSSR count). The second-order valence-electron chi connectivity index (χ2n) is 4.53. The fourth-order valence-electron chi connectivity index (χ4n) is 2.31. The van der Waals surface area contributed by atoms with Crippen molar-refractivity contribution in [3.05, 3.63) is 51.9 Å². The normalized spacial score (nSPS) is 15.7. The van der Waals surface area contributed by atoms with Gasteiger partial charge < -0.3 is 9.32 Å². The molecule has 5 heteroatoms. The molecule has 0 fully saturated rings. The fourth-order valence-corrected chi connectivity index (χ4v) is 3.22. The first kappa shape index (κ1) is 12.8. The molecule has 2 aromatic rings. The van der Waals surface area contributed by atoms with E-state index in [0.717, 1.165) is 22.4 Å². The molecule has 1 aliphatic rings. The van der Waals surface area contributed by atoms with Gasteiger partial charge in [0.1, 0.15) is 0 Å². The van der Waals surface area contributed by atoms with Crippen LogP contribution in [-0.4, -0.2) is 13.0 Å². The summed E-state index contributed by atoms with van der Waals surface area (Å²) < 4.78 is 5.84. The minimum atomic E-state index is -0.292. The summed E-state index contributed by atoms with van der Waals surface area (Å²) in [5.41, 5.74) is 3.84. The molecule has 19 heavy (non-hydrogen) atoms. The molecule has 2 heterocycles. The molecule has 0 aliphatic carbocycles. The molecule has 0 saturated carbocycles. The Kier molecular flexibility index (Phi) is 3.15. The maximum atomic E-state index is 11.7. The number of hydrogen-bond donors (Lipinski definition) is 0. The number of nitrogens with zero attached hydrogens (tertiary/aromatic N) is 1. The Morgan fingerprint density at radius 2 is 2.21 bits per heavy atom. The number of carbonyl (C=O) groups is 1. The van der Waals surface area contributed by atoms with Gasteiger partial charge in [-0.1, -0.05) is 12.1 Å². The van der Waals surface area contributed by atoms with E-state index in [1.807, 2.05) is 24.3 Å². The maximum Gasteiger partial charge on any atom is 0.231 e. The van der Waals surface area contributed by atoms with E-state index < -0.39 is 0 Å². The molecule has 98 valence electrons. The molecule has 0 spiro atoms. The first-order valence-corrected chi connectivity index (χ1v) is 7.07. The predicted octanol–water partition coefficient (Wildman–Crippen LogP) is 3.89. The molecule has 1 unspecified atom stereocenters. The van der Waals surface area contributed by atoms with Crippen molar-refractivity contribution in [3.8, 4) is 0 Å². The summed E-state index contributed by atoms with van der Waals surface area (Å²) >= 11 is 9.80. The van der Waals surface area contributed by atoms with Gasteiger partial charge in [-0.05, 0) is 39.2 Å². The molecule has 0 saturated heterocycles. The van der Waals surface area contributed by atoms with Crippen LogP contribution >= 0.6 is 27.5 Å². The number of hydrogen-bond acceptors (Lipinski definition) is 2. The van der Waals surface area contributed by atoms with Crippen LogP contribution in [0.15, 0.2) is 39.6 Å². The van der Waals surface area contributed by atoms with E-state index in [9.17, 15) is 4.79 Å². The lowest BCUT2D eigenvalue weighted by molar-refractivity contribution is -0.117. The number of furan rings is 1. The topological polar surface area (TPSA) is 33.5 Å². The van der Waals surface area contributed by atoms with Crippen molar-refractivity contribution in [2.75, 3.05) is 11.9 Å². The molecular weight excluding hydrogens is 330 g/mol. The third kappa shape index (κ3) is 2.09. The number of halogens is 2. The Hall–Kier alpha value is -1.26. The van der Waals surface area contributed by atoms with E-state index in [0.29, 0.717) is 11.1 Å². The summed E-state index contributed by atoms with van der Waals surface area (Å²) in [7, 11) is 1.79. The number of rotatable bonds is 2. The highest BCUT2D eigenvalue weighted by Gasteiger charge is 2.25. The number of amides is 1. The van der Waals surface area contributed by atoms with Crippen molar-refractivity contribution in [1.82, 2.24) is 0 Å². The minimum absolute atomic E-state index is 0.114. The monoisotopic (exact) mass is 339 g/mol. The van der Waals surface area contributed by atoms with Crippen molar-refractivity contribution in [1.29, 1.82) is 0 Å². The Labute approximate surface area is 124 Å². The van der Waals surface area contributed by atoms with Gasteiger partial charge in [0.05, 0.1) is 18.1 Å². The zero-order valence-electron chi connectivity index (χ0n) is 10.2. The number of likely N-dealkylation sites (N-methyl/N-ethyl adjacent to an activating group) is 1. The van der Waals surface area contributed by atoms with Crippen LogP contribution in [0.1, 0.15) is 22.1 Å². The number of alkyl halides is 1. The van der Waals surface area contributed by atoms with Gasteiger partial charge in [0, 0.05) is 18.3 Å². The van der Waals surface area contributed by atoms with Crippen LogP contribution in [0.3, 0.4) is 0 Å². The number of benzene rings is 1. The zero-order valence-corrected chi connectivity index (χ0v) is 12.5. The van der Waals surface area contributed by atoms with Gasteiger partial charge in [-0.25, -0.2) is 0 Å². The van der Waals surface area contributed by atoms with E-state index in [1.54, 1.807) is 18.2 Å². The second kappa shape index (κ2) is 4.69. The van der Waals surface area contributed by atoms with Crippen molar-refractivity contribution >= 4 is 39.1 Å². The molecule has 3 nitrogen and oxygen atoms in total. The van der Waals surface area contributed by atoms with Gasteiger partial charge in [0.2, 0.25) is 5.91 Å². The van der Waals surface area contributed by atoms with Crippen molar-refractivity contribution < 1.29 is 9.21 Å². The summed E-state index contributed by atoms with van der Waals surface area (Å²) in [5, 5.41) is -0.292. The van der Waals surface area contributed by atoms with E-state index in [1.165, 1.54) is 0 Å². The Morgan fingerprint density at radius 3 is 2.89 bits per heavy atom. The van der Waals surface area contributed by atoms with Gasteiger partial charge >= 0.3 is 0 Å². The SMILES string of the molecule is CN1C(=O)Cc2cc(C(Cl)c3ccoc3Br)ccc21. The van der Waals surface area contributed by atoms with E-state index in [-0.39, 0.29) is 11.3 Å². The third-order valence-electron chi connectivity index (χ3n) is 3.39. The van der Waals surface area contributed by atoms with E-state index in [4.69, 9.17) is 16.0 Å². The van der Waals surface area contributed by atoms with E-state index >= 15 is 0 Å². The zero-order chi connectivity index (χ0) is 13.6. The number of anilines is 1. The smallest absolute Gasteiger partial charge is 0.231 e. The molecule has 0 radical (unpaired) electrons. The fraction of sp³-hybridized carbons (Fsp3) is 0.214. The molecule has 1 aliphatic heterocycles. The average molecular weight is 341 g/mol. The van der Waals surface area contributed by atoms with Crippen LogP contribution < -0.4 is 4.90 Å². The van der Waals surface area contributed by atoms with Gasteiger partial charge in [0.25, 0.3) is 0 Å². The highest BCUT2D eigenvalue weighted by molar-refractivity contribution is 9.10. The van der Waals surface area contributed by atoms with Crippen molar-refractivity contribution in [2.24, 2.45) is 0 Å². The largest absolute Gasteiger partial charge is 0.457 e. The maximum absolute atomic E-state index is 11.7. The summed E-state index contributed by atoms with van der Waals surface area (Å²) in [6.07, 6.45) is 2.04. The first-order chi connectivity index (χ1) is 9.08. The van der Waals surface area contributed by atoms with Crippen LogP contribution in [-0.2, 0) is 11.2 Å². The average Bonchev–Trinajstić information content (AvgIpc) is 2.93. The van der Waals surface area contributed by atoms with E-state index in [2.05, 4.69) is 15.9 Å². The first-order valence-electron chi connectivity index (χ1n) is 5.84. The third-order valence-corrected chi connectivity index (χ3v) is 4.52. The summed E-state index contributed by atoms with van der Waals surface area (Å²) in [5.74, 6) is 0.114. The lowest BCUT2D eigenvalue weighted by Crippen LogP contribution is -2.20. The predicted molar refractivity (Wildman–Crippen MR) is 77.7 cm³/mol. The van der Waals surface area contributed by atoms with Crippen LogP contribution in [0.25, 0.3) is 0 Å². The molecular formula is C14H11BrClNO2. The lowest BCUT2D eigenvalue weighted by atomic mass is 10.0. The lowest BCUT2D eigenvalue weighted by Gasteiger charge is -2.13. The summed E-state index contributed by atoms with van der Waals surface area (Å²) in [4.78, 5) is 13.3. The number of carbonyl (C=O) groups excluding carboxylic acids is 1. The van der Waals surface area contributed by atoms with Crippen molar-refractivity contribution in [3.63, 3.8) is 0 Å².